The first-order chi connectivity index (χ1) is 14.1. The van der Waals surface area contributed by atoms with Gasteiger partial charge in [-0.25, -0.2) is 8.42 Å². The van der Waals surface area contributed by atoms with E-state index in [9.17, 15) is 23.3 Å². The lowest BCUT2D eigenvalue weighted by Gasteiger charge is -2.35. The molecule has 1 saturated heterocycles. The number of aromatic nitrogens is 4. The summed E-state index contributed by atoms with van der Waals surface area (Å²) in [5, 5.41) is 19.2. The number of rotatable bonds is 6. The van der Waals surface area contributed by atoms with E-state index in [1.807, 2.05) is 6.92 Å². The molecule has 12 nitrogen and oxygen atoms in total. The highest BCUT2D eigenvalue weighted by Gasteiger charge is 2.34. The monoisotopic (exact) mass is 439 g/mol. The van der Waals surface area contributed by atoms with Crippen LogP contribution in [0, 0.1) is 24.0 Å². The molecule has 0 aliphatic carbocycles. The first-order valence-electron chi connectivity index (χ1n) is 9.59. The van der Waals surface area contributed by atoms with E-state index in [1.54, 1.807) is 23.4 Å². The number of sulfonamides is 1. The minimum absolute atomic E-state index is 0.145. The van der Waals surface area contributed by atoms with Crippen molar-refractivity contribution in [2.24, 2.45) is 0 Å². The van der Waals surface area contributed by atoms with Crippen LogP contribution in [0.2, 0.25) is 0 Å². The number of aryl methyl sites for hydroxylation is 2. The minimum atomic E-state index is -3.70. The smallest absolute Gasteiger partial charge is 0.309 e. The van der Waals surface area contributed by atoms with Gasteiger partial charge in [-0.2, -0.15) is 14.5 Å². The van der Waals surface area contributed by atoms with Crippen LogP contribution in [0.1, 0.15) is 31.3 Å². The highest BCUT2D eigenvalue weighted by Crippen LogP contribution is 2.23. The summed E-state index contributed by atoms with van der Waals surface area (Å²) in [7, 11) is -3.70. The van der Waals surface area contributed by atoms with Crippen molar-refractivity contribution in [3.05, 3.63) is 33.9 Å². The number of nitro groups is 1. The normalized spacial score (nSPS) is 16.6. The number of carbonyl (C=O) groups is 1. The molecule has 0 spiro atoms. The molecule has 1 fully saturated rings. The van der Waals surface area contributed by atoms with Gasteiger partial charge in [0.25, 0.3) is 0 Å². The Morgan fingerprint density at radius 3 is 2.40 bits per heavy atom. The van der Waals surface area contributed by atoms with E-state index >= 15 is 0 Å². The fraction of sp³-hybridized carbons (Fsp3) is 0.588. The zero-order valence-electron chi connectivity index (χ0n) is 17.3. The molecule has 2 aromatic rings. The number of carbonyl (C=O) groups excluding carboxylic acids is 1. The highest BCUT2D eigenvalue weighted by atomic mass is 32.2. The number of nitrogens with zero attached hydrogens (tertiary/aromatic N) is 7. The number of piperazine rings is 1. The van der Waals surface area contributed by atoms with E-state index in [1.165, 1.54) is 22.1 Å². The molecule has 2 aromatic heterocycles. The highest BCUT2D eigenvalue weighted by molar-refractivity contribution is 7.89. The third-order valence-corrected chi connectivity index (χ3v) is 7.33. The van der Waals surface area contributed by atoms with Crippen LogP contribution in [0.3, 0.4) is 0 Å². The summed E-state index contributed by atoms with van der Waals surface area (Å²) in [6, 6.07) is -0.730. The molecule has 0 aromatic carbocycles. The van der Waals surface area contributed by atoms with Gasteiger partial charge >= 0.3 is 5.69 Å². The summed E-state index contributed by atoms with van der Waals surface area (Å²) in [5.74, 6) is -0.261. The van der Waals surface area contributed by atoms with E-state index in [4.69, 9.17) is 0 Å². The van der Waals surface area contributed by atoms with Crippen molar-refractivity contribution < 1.29 is 18.1 Å². The van der Waals surface area contributed by atoms with E-state index in [0.29, 0.717) is 17.9 Å². The molecule has 1 aliphatic rings. The predicted octanol–water partition coefficient (Wildman–Crippen LogP) is 0.719. The predicted molar refractivity (Wildman–Crippen MR) is 106 cm³/mol. The van der Waals surface area contributed by atoms with E-state index in [0.717, 1.165) is 6.20 Å². The van der Waals surface area contributed by atoms with Gasteiger partial charge in [0.05, 0.1) is 10.6 Å². The topological polar surface area (TPSA) is 136 Å². The Morgan fingerprint density at radius 2 is 1.90 bits per heavy atom. The maximum absolute atomic E-state index is 13.0. The second-order valence-electron chi connectivity index (χ2n) is 7.16. The zero-order valence-corrected chi connectivity index (χ0v) is 18.2. The third kappa shape index (κ3) is 3.81. The van der Waals surface area contributed by atoms with Gasteiger partial charge in [-0.15, -0.1) is 0 Å². The maximum atomic E-state index is 13.0. The molecular weight excluding hydrogens is 414 g/mol. The Labute approximate surface area is 174 Å². The molecule has 164 valence electrons. The zero-order chi connectivity index (χ0) is 22.2. The Balaban J connectivity index is 1.69. The largest absolute Gasteiger partial charge is 0.338 e. The SMILES string of the molecule is CCn1cc(S(=O)(=O)N2CCN(C(=O)C(C)n3ncc([N+](=O)[O-])c3C)CC2)c(C)n1. The second-order valence-corrected chi connectivity index (χ2v) is 9.06. The van der Waals surface area contributed by atoms with Crippen LogP contribution in [-0.4, -0.2) is 74.2 Å². The molecule has 0 N–H and O–H groups in total. The Bertz CT molecular complexity index is 1070. The van der Waals surface area contributed by atoms with Crippen molar-refractivity contribution in [2.45, 2.75) is 45.2 Å². The number of amides is 1. The van der Waals surface area contributed by atoms with Crippen molar-refractivity contribution in [2.75, 3.05) is 26.2 Å². The van der Waals surface area contributed by atoms with Crippen molar-refractivity contribution >= 4 is 21.6 Å². The van der Waals surface area contributed by atoms with E-state index in [2.05, 4.69) is 10.2 Å². The fourth-order valence-corrected chi connectivity index (χ4v) is 5.15. The Hall–Kier alpha value is -2.80. The van der Waals surface area contributed by atoms with Crippen molar-refractivity contribution in [1.29, 1.82) is 0 Å². The lowest BCUT2D eigenvalue weighted by Crippen LogP contribution is -2.51. The van der Waals surface area contributed by atoms with Gasteiger partial charge in [-0.3, -0.25) is 24.3 Å². The fourth-order valence-electron chi connectivity index (χ4n) is 3.56. The minimum Gasteiger partial charge on any atom is -0.338 e. The van der Waals surface area contributed by atoms with E-state index < -0.39 is 21.0 Å². The van der Waals surface area contributed by atoms with Crippen molar-refractivity contribution in [3.8, 4) is 0 Å². The van der Waals surface area contributed by atoms with Gasteiger partial charge in [0, 0.05) is 38.9 Å². The van der Waals surface area contributed by atoms with Crippen LogP contribution < -0.4 is 0 Å². The van der Waals surface area contributed by atoms with Gasteiger partial charge in [-0.05, 0) is 27.7 Å². The van der Waals surface area contributed by atoms with Crippen LogP contribution in [0.25, 0.3) is 0 Å². The summed E-state index contributed by atoms with van der Waals surface area (Å²) < 4.78 is 30.2. The Morgan fingerprint density at radius 1 is 1.27 bits per heavy atom. The molecule has 0 bridgehead atoms. The molecule has 1 atom stereocenters. The van der Waals surface area contributed by atoms with E-state index in [-0.39, 0.29) is 42.7 Å². The molecule has 30 heavy (non-hydrogen) atoms. The van der Waals surface area contributed by atoms with Crippen LogP contribution in [0.4, 0.5) is 5.69 Å². The second kappa shape index (κ2) is 8.14. The molecule has 0 saturated carbocycles. The van der Waals surface area contributed by atoms with Crippen molar-refractivity contribution in [1.82, 2.24) is 28.8 Å². The lowest BCUT2D eigenvalue weighted by molar-refractivity contribution is -0.385. The van der Waals surface area contributed by atoms with Gasteiger partial charge in [0.1, 0.15) is 22.8 Å². The standard InChI is InChI=1S/C17H25N7O5S/c1-5-21-11-16(12(2)19-21)30(28,29)22-8-6-20(7-9-22)17(25)14(4)23-13(3)15(10-18-23)24(26)27/h10-11,14H,5-9H2,1-4H3. The quantitative estimate of drug-likeness (QED) is 0.478. The molecule has 1 unspecified atom stereocenters. The van der Waals surface area contributed by atoms with Gasteiger partial charge in [0.15, 0.2) is 0 Å². The van der Waals surface area contributed by atoms with Gasteiger partial charge < -0.3 is 4.90 Å². The molecule has 3 rings (SSSR count). The molecule has 1 amide bonds. The number of hydrogen-bond acceptors (Lipinski definition) is 7. The molecule has 13 heteroatoms. The van der Waals surface area contributed by atoms with Crippen LogP contribution in [-0.2, 0) is 21.4 Å². The van der Waals surface area contributed by atoms with Crippen molar-refractivity contribution in [3.63, 3.8) is 0 Å². The van der Waals surface area contributed by atoms with Gasteiger partial charge in [-0.1, -0.05) is 0 Å². The summed E-state index contributed by atoms with van der Waals surface area (Å²) in [6.45, 7) is 8.05. The molecule has 3 heterocycles. The maximum Gasteiger partial charge on any atom is 0.309 e. The summed E-state index contributed by atoms with van der Waals surface area (Å²) >= 11 is 0. The lowest BCUT2D eigenvalue weighted by atomic mass is 10.2. The summed E-state index contributed by atoms with van der Waals surface area (Å²) in [4.78, 5) is 25.1. The number of hydrogen-bond donors (Lipinski definition) is 0. The molecular formula is C17H25N7O5S. The first kappa shape index (κ1) is 21.9. The summed E-state index contributed by atoms with van der Waals surface area (Å²) in [6.07, 6.45) is 2.65. The average Bonchev–Trinajstić information content (AvgIpc) is 3.29. The summed E-state index contributed by atoms with van der Waals surface area (Å²) in [5.41, 5.74) is 0.596. The van der Waals surface area contributed by atoms with Crippen LogP contribution in [0.15, 0.2) is 17.3 Å². The molecule has 0 radical (unpaired) electrons. The Kier molecular flexibility index (Phi) is 5.94. The first-order valence-corrected chi connectivity index (χ1v) is 11.0. The van der Waals surface area contributed by atoms with Crippen LogP contribution >= 0.6 is 0 Å². The van der Waals surface area contributed by atoms with Crippen LogP contribution in [0.5, 0.6) is 0 Å². The molecule has 1 aliphatic heterocycles. The third-order valence-electron chi connectivity index (χ3n) is 5.33. The average molecular weight is 439 g/mol. The van der Waals surface area contributed by atoms with Gasteiger partial charge in [0.2, 0.25) is 15.9 Å².